The van der Waals surface area contributed by atoms with Crippen molar-refractivity contribution in [1.29, 1.82) is 0 Å². The fourth-order valence-electron chi connectivity index (χ4n) is 0.969. The molecule has 0 N–H and O–H groups in total. The van der Waals surface area contributed by atoms with Crippen molar-refractivity contribution in [3.63, 3.8) is 0 Å². The largest absolute Gasteiger partial charge is 0.381 e. The lowest BCUT2D eigenvalue weighted by Crippen LogP contribution is -2.02. The van der Waals surface area contributed by atoms with Crippen molar-refractivity contribution in [2.24, 2.45) is 0 Å². The maximum absolute atomic E-state index is 13.3. The first-order chi connectivity index (χ1) is 8.85. The fraction of sp³-hybridized carbons (Fsp3) is 0.500. The van der Waals surface area contributed by atoms with E-state index >= 15 is 0 Å². The van der Waals surface area contributed by atoms with Gasteiger partial charge < -0.3 is 4.74 Å². The minimum Gasteiger partial charge on any atom is -0.381 e. The van der Waals surface area contributed by atoms with Crippen LogP contribution in [0.5, 0.6) is 0 Å². The molecule has 0 fully saturated rings. The molecular formula is C16H26F2O. The Morgan fingerprint density at radius 1 is 1.32 bits per heavy atom. The smallest absolute Gasteiger partial charge is 0.165 e. The third-order valence-electron chi connectivity index (χ3n) is 2.29. The Labute approximate surface area is 116 Å². The number of allylic oxidation sites excluding steroid dienone is 5. The molecule has 0 heterocycles. The molecule has 0 spiro atoms. The summed E-state index contributed by atoms with van der Waals surface area (Å²) in [4.78, 5) is 0. The van der Waals surface area contributed by atoms with Gasteiger partial charge in [0.15, 0.2) is 11.7 Å². The molecule has 3 heteroatoms. The highest BCUT2D eigenvalue weighted by Gasteiger charge is 2.09. The van der Waals surface area contributed by atoms with Gasteiger partial charge in [0.25, 0.3) is 0 Å². The summed E-state index contributed by atoms with van der Waals surface area (Å²) in [6, 6.07) is 0. The van der Waals surface area contributed by atoms with Crippen LogP contribution in [0.1, 0.15) is 40.5 Å². The highest BCUT2D eigenvalue weighted by molar-refractivity contribution is 5.42. The van der Waals surface area contributed by atoms with Crippen LogP contribution in [0, 0.1) is 0 Å². The summed E-state index contributed by atoms with van der Waals surface area (Å²) in [6.45, 7) is 14.5. The maximum Gasteiger partial charge on any atom is 0.165 e. The lowest BCUT2D eigenvalue weighted by molar-refractivity contribution is 0.121. The summed E-state index contributed by atoms with van der Waals surface area (Å²) in [6.07, 6.45) is 4.52. The van der Waals surface area contributed by atoms with Crippen molar-refractivity contribution in [1.82, 2.24) is 0 Å². The van der Waals surface area contributed by atoms with Crippen molar-refractivity contribution >= 4 is 0 Å². The summed E-state index contributed by atoms with van der Waals surface area (Å²) in [5.41, 5.74) is 0.638. The predicted molar refractivity (Wildman–Crippen MR) is 79.4 cm³/mol. The van der Waals surface area contributed by atoms with Crippen molar-refractivity contribution in [2.75, 3.05) is 7.11 Å². The summed E-state index contributed by atoms with van der Waals surface area (Å²) in [5.74, 6) is -1.95. The van der Waals surface area contributed by atoms with Gasteiger partial charge in [-0.2, -0.15) is 0 Å². The van der Waals surface area contributed by atoms with Gasteiger partial charge in [-0.1, -0.05) is 39.5 Å². The Morgan fingerprint density at radius 3 is 2.16 bits per heavy atom. The summed E-state index contributed by atoms with van der Waals surface area (Å²) in [5, 5.41) is 0. The van der Waals surface area contributed by atoms with Crippen LogP contribution in [0.2, 0.25) is 0 Å². The molecule has 110 valence electrons. The molecule has 0 radical (unpaired) electrons. The van der Waals surface area contributed by atoms with E-state index in [0.29, 0.717) is 12.0 Å². The highest BCUT2D eigenvalue weighted by atomic mass is 19.2. The Bertz CT molecular complexity index is 341. The Morgan fingerprint density at radius 2 is 1.79 bits per heavy atom. The van der Waals surface area contributed by atoms with Gasteiger partial charge in [0, 0.05) is 12.7 Å². The molecule has 0 aliphatic heterocycles. The Balaban J connectivity index is 0. The lowest BCUT2D eigenvalue weighted by atomic mass is 10.1. The molecule has 19 heavy (non-hydrogen) atoms. The average Bonchev–Trinajstić information content (AvgIpc) is 2.42. The lowest BCUT2D eigenvalue weighted by Gasteiger charge is -2.08. The first-order valence-corrected chi connectivity index (χ1v) is 6.42. The molecule has 0 rings (SSSR count). The van der Waals surface area contributed by atoms with Crippen molar-refractivity contribution in [2.45, 2.75) is 46.6 Å². The van der Waals surface area contributed by atoms with Gasteiger partial charge in [0.05, 0.1) is 6.10 Å². The normalized spacial score (nSPS) is 13.9. The summed E-state index contributed by atoms with van der Waals surface area (Å²) in [7, 11) is 1.60. The molecule has 0 saturated heterocycles. The van der Waals surface area contributed by atoms with E-state index in [2.05, 4.69) is 27.0 Å². The van der Waals surface area contributed by atoms with Crippen LogP contribution in [-0.4, -0.2) is 13.2 Å². The van der Waals surface area contributed by atoms with Crippen LogP contribution < -0.4 is 0 Å². The average molecular weight is 272 g/mol. The molecule has 0 bridgehead atoms. The minimum atomic E-state index is -0.988. The van der Waals surface area contributed by atoms with E-state index in [1.54, 1.807) is 20.1 Å². The number of ether oxygens (including phenoxy) is 1. The molecule has 0 aromatic carbocycles. The molecule has 0 aromatic rings. The molecule has 0 aliphatic rings. The second kappa shape index (κ2) is 11.8. The van der Waals surface area contributed by atoms with Crippen molar-refractivity contribution in [3.05, 3.63) is 48.1 Å². The van der Waals surface area contributed by atoms with Gasteiger partial charge in [-0.05, 0) is 31.9 Å². The van der Waals surface area contributed by atoms with Crippen molar-refractivity contribution in [3.8, 4) is 0 Å². The zero-order chi connectivity index (χ0) is 15.4. The predicted octanol–water partition coefficient (Wildman–Crippen LogP) is 5.67. The van der Waals surface area contributed by atoms with Crippen LogP contribution >= 0.6 is 0 Å². The molecule has 0 aromatic heterocycles. The molecular weight excluding hydrogens is 246 g/mol. The third-order valence-corrected chi connectivity index (χ3v) is 2.29. The number of methoxy groups -OCH3 is 1. The molecule has 1 unspecified atom stereocenters. The maximum atomic E-state index is 13.3. The number of hydrogen-bond donors (Lipinski definition) is 0. The number of hydrogen-bond acceptors (Lipinski definition) is 1. The van der Waals surface area contributed by atoms with E-state index in [9.17, 15) is 8.78 Å². The van der Waals surface area contributed by atoms with E-state index < -0.39 is 11.7 Å². The summed E-state index contributed by atoms with van der Waals surface area (Å²) >= 11 is 0. The van der Waals surface area contributed by atoms with E-state index in [0.717, 1.165) is 6.08 Å². The number of halogens is 2. The monoisotopic (exact) mass is 272 g/mol. The number of rotatable bonds is 6. The highest BCUT2D eigenvalue weighted by Crippen LogP contribution is 2.23. The second-order valence-electron chi connectivity index (χ2n) is 4.22. The first kappa shape index (κ1) is 20.1. The standard InChI is InChI=1S/C13H18F2O.C3H8/c1-6-12(14)13(15)11(4)9(2)7-8-10(3)16-5;1-3-2/h6-7,10H,1,4,8H2,2-3,5H3;3H2,1-2H3/b9-7+,13-12-;. The summed E-state index contributed by atoms with van der Waals surface area (Å²) < 4.78 is 31.2. The van der Waals surface area contributed by atoms with Gasteiger partial charge in [0.1, 0.15) is 0 Å². The Kier molecular flexibility index (Phi) is 12.5. The molecule has 1 atom stereocenters. The zero-order valence-corrected chi connectivity index (χ0v) is 12.7. The molecule has 0 aliphatic carbocycles. The third kappa shape index (κ3) is 9.37. The van der Waals surface area contributed by atoms with Crippen LogP contribution in [0.4, 0.5) is 8.78 Å². The minimum absolute atomic E-state index is 0.0408. The molecule has 0 amide bonds. The second-order valence-corrected chi connectivity index (χ2v) is 4.22. The van der Waals surface area contributed by atoms with E-state index in [-0.39, 0.29) is 11.7 Å². The van der Waals surface area contributed by atoms with E-state index in [4.69, 9.17) is 4.74 Å². The van der Waals surface area contributed by atoms with Crippen LogP contribution in [-0.2, 0) is 4.74 Å². The quantitative estimate of drug-likeness (QED) is 0.566. The van der Waals surface area contributed by atoms with Crippen molar-refractivity contribution < 1.29 is 13.5 Å². The topological polar surface area (TPSA) is 9.23 Å². The van der Waals surface area contributed by atoms with E-state index in [1.165, 1.54) is 6.42 Å². The van der Waals surface area contributed by atoms with Gasteiger partial charge >= 0.3 is 0 Å². The van der Waals surface area contributed by atoms with E-state index in [1.807, 2.05) is 6.92 Å². The van der Waals surface area contributed by atoms with Gasteiger partial charge in [-0.3, -0.25) is 0 Å². The SMILES string of the molecule is C=C/C(F)=C(/F)C(=C)/C(C)=C/CC(C)OC.CCC. The first-order valence-electron chi connectivity index (χ1n) is 6.42. The van der Waals surface area contributed by atoms with Crippen LogP contribution in [0.3, 0.4) is 0 Å². The fourth-order valence-corrected chi connectivity index (χ4v) is 0.969. The van der Waals surface area contributed by atoms with Gasteiger partial charge in [-0.25, -0.2) is 8.78 Å². The zero-order valence-electron chi connectivity index (χ0n) is 12.7. The van der Waals surface area contributed by atoms with Gasteiger partial charge in [0.2, 0.25) is 0 Å². The Hall–Kier alpha value is -1.22. The van der Waals surface area contributed by atoms with Crippen LogP contribution in [0.25, 0.3) is 0 Å². The molecule has 1 nitrogen and oxygen atoms in total. The molecule has 0 saturated carbocycles. The van der Waals surface area contributed by atoms with Gasteiger partial charge in [-0.15, -0.1) is 0 Å². The van der Waals surface area contributed by atoms with Crippen LogP contribution in [0.15, 0.2) is 48.1 Å².